The average Bonchev–Trinajstić information content (AvgIpc) is 2.84. The molecule has 35 heavy (non-hydrogen) atoms. The average molecular weight is 496 g/mol. The van der Waals surface area contributed by atoms with Gasteiger partial charge in [-0.05, 0) is 61.9 Å². The standard InChI is InChI=1S/C26H32F3NO5/c27-26(28,29)25(32)35-24(31)15-17-30-16-7-10-21-11-13-23(14-12-21)34-19-6-2-5-18-33-20-22-8-3-1-4-9-22/h1,3-4,8-9,11-14,30H,2,5-7,10,15-20H2. The maximum absolute atomic E-state index is 12.0. The minimum absolute atomic E-state index is 0.135. The Balaban J connectivity index is 1.45. The minimum atomic E-state index is -5.16. The molecule has 0 aliphatic heterocycles. The molecule has 1 N–H and O–H groups in total. The SMILES string of the molecule is O=C(CCNCCCc1ccc(OCCCCCOCc2ccccc2)cc1)OC(=O)C(F)(F)F. The molecular weight excluding hydrogens is 463 g/mol. The molecule has 192 valence electrons. The summed E-state index contributed by atoms with van der Waals surface area (Å²) in [7, 11) is 0. The van der Waals surface area contributed by atoms with Gasteiger partial charge in [0.05, 0.1) is 19.6 Å². The number of carbonyl (C=O) groups is 2. The number of carbonyl (C=O) groups excluding carboxylic acids is 2. The highest BCUT2D eigenvalue weighted by atomic mass is 19.4. The summed E-state index contributed by atoms with van der Waals surface area (Å²) in [6.45, 7) is 2.74. The number of nitrogens with one attached hydrogen (secondary N) is 1. The Morgan fingerprint density at radius 3 is 2.23 bits per heavy atom. The minimum Gasteiger partial charge on any atom is -0.494 e. The first-order chi connectivity index (χ1) is 16.8. The molecule has 0 radical (unpaired) electrons. The van der Waals surface area contributed by atoms with Gasteiger partial charge in [0.2, 0.25) is 0 Å². The third-order valence-corrected chi connectivity index (χ3v) is 5.00. The summed E-state index contributed by atoms with van der Waals surface area (Å²) in [6.07, 6.45) is -0.904. The molecule has 0 heterocycles. The summed E-state index contributed by atoms with van der Waals surface area (Å²) in [6, 6.07) is 17.9. The van der Waals surface area contributed by atoms with Crippen LogP contribution in [0.5, 0.6) is 5.75 Å². The zero-order valence-electron chi connectivity index (χ0n) is 19.6. The number of ether oxygens (including phenoxy) is 3. The molecule has 9 heteroatoms. The number of rotatable bonds is 16. The molecule has 0 aliphatic carbocycles. The summed E-state index contributed by atoms with van der Waals surface area (Å²) in [5.41, 5.74) is 2.31. The lowest BCUT2D eigenvalue weighted by Crippen LogP contribution is -2.29. The van der Waals surface area contributed by atoms with Crippen LogP contribution in [0.4, 0.5) is 13.2 Å². The highest BCUT2D eigenvalue weighted by molar-refractivity contribution is 5.88. The largest absolute Gasteiger partial charge is 0.494 e. The Bertz CT molecular complexity index is 873. The molecule has 0 saturated carbocycles. The lowest BCUT2D eigenvalue weighted by Gasteiger charge is -2.08. The van der Waals surface area contributed by atoms with Crippen molar-refractivity contribution in [1.29, 1.82) is 0 Å². The van der Waals surface area contributed by atoms with Crippen molar-refractivity contribution < 1.29 is 37.0 Å². The Hall–Kier alpha value is -2.91. The maximum atomic E-state index is 12.0. The molecule has 2 aromatic carbocycles. The van der Waals surface area contributed by atoms with Crippen LogP contribution in [0, 0.1) is 0 Å². The highest BCUT2D eigenvalue weighted by Gasteiger charge is 2.42. The summed E-state index contributed by atoms with van der Waals surface area (Å²) >= 11 is 0. The van der Waals surface area contributed by atoms with Crippen LogP contribution in [-0.2, 0) is 32.1 Å². The lowest BCUT2D eigenvalue weighted by molar-refractivity contribution is -0.201. The fraction of sp³-hybridized carbons (Fsp3) is 0.462. The van der Waals surface area contributed by atoms with E-state index in [0.717, 1.165) is 50.0 Å². The maximum Gasteiger partial charge on any atom is 0.491 e. The molecule has 0 fully saturated rings. The van der Waals surface area contributed by atoms with Gasteiger partial charge in [0.25, 0.3) is 0 Å². The zero-order valence-corrected chi connectivity index (χ0v) is 19.6. The van der Waals surface area contributed by atoms with E-state index in [-0.39, 0.29) is 13.0 Å². The lowest BCUT2D eigenvalue weighted by atomic mass is 10.1. The molecule has 6 nitrogen and oxygen atoms in total. The van der Waals surface area contributed by atoms with Crippen molar-refractivity contribution in [2.24, 2.45) is 0 Å². The van der Waals surface area contributed by atoms with E-state index in [1.165, 1.54) is 5.56 Å². The second-order valence-electron chi connectivity index (χ2n) is 7.95. The van der Waals surface area contributed by atoms with Crippen LogP contribution in [0.2, 0.25) is 0 Å². The van der Waals surface area contributed by atoms with Gasteiger partial charge in [0.15, 0.2) is 0 Å². The van der Waals surface area contributed by atoms with Gasteiger partial charge in [0.1, 0.15) is 5.75 Å². The van der Waals surface area contributed by atoms with Crippen LogP contribution >= 0.6 is 0 Å². The molecule has 0 aromatic heterocycles. The predicted octanol–water partition coefficient (Wildman–Crippen LogP) is 5.00. The Morgan fingerprint density at radius 1 is 0.800 bits per heavy atom. The van der Waals surface area contributed by atoms with Gasteiger partial charge in [-0.3, -0.25) is 4.79 Å². The number of esters is 2. The molecule has 0 atom stereocenters. The topological polar surface area (TPSA) is 73.9 Å². The van der Waals surface area contributed by atoms with Gasteiger partial charge in [0, 0.05) is 13.2 Å². The monoisotopic (exact) mass is 495 g/mol. The summed E-state index contributed by atoms with van der Waals surface area (Å²) < 4.78 is 51.2. The van der Waals surface area contributed by atoms with E-state index in [1.54, 1.807) is 0 Å². The Kier molecular flexibility index (Phi) is 12.9. The molecule has 0 aliphatic rings. The van der Waals surface area contributed by atoms with Crippen LogP contribution in [-0.4, -0.2) is 44.4 Å². The van der Waals surface area contributed by atoms with Gasteiger partial charge in [-0.25, -0.2) is 4.79 Å². The number of hydrogen-bond acceptors (Lipinski definition) is 6. The van der Waals surface area contributed by atoms with Gasteiger partial charge in [-0.15, -0.1) is 0 Å². The molecule has 0 spiro atoms. The molecular formula is C26H32F3NO5. The van der Waals surface area contributed by atoms with Gasteiger partial charge >= 0.3 is 18.1 Å². The second kappa shape index (κ2) is 15.9. The van der Waals surface area contributed by atoms with E-state index in [9.17, 15) is 22.8 Å². The van der Waals surface area contributed by atoms with E-state index >= 15 is 0 Å². The number of benzene rings is 2. The number of alkyl halides is 3. The van der Waals surface area contributed by atoms with Crippen molar-refractivity contribution in [3.63, 3.8) is 0 Å². The van der Waals surface area contributed by atoms with Crippen molar-refractivity contribution in [3.05, 3.63) is 65.7 Å². The van der Waals surface area contributed by atoms with Crippen molar-refractivity contribution in [2.75, 3.05) is 26.3 Å². The predicted molar refractivity (Wildman–Crippen MR) is 125 cm³/mol. The van der Waals surface area contributed by atoms with Crippen molar-refractivity contribution >= 4 is 11.9 Å². The van der Waals surface area contributed by atoms with Crippen LogP contribution in [0.3, 0.4) is 0 Å². The molecule has 0 unspecified atom stereocenters. The summed E-state index contributed by atoms with van der Waals surface area (Å²) in [4.78, 5) is 21.7. The molecule has 2 aromatic rings. The first-order valence-electron chi connectivity index (χ1n) is 11.7. The smallest absolute Gasteiger partial charge is 0.491 e. The van der Waals surface area contributed by atoms with Crippen molar-refractivity contribution in [2.45, 2.75) is 51.3 Å². The molecule has 0 saturated heterocycles. The van der Waals surface area contributed by atoms with E-state index in [4.69, 9.17) is 9.47 Å². The van der Waals surface area contributed by atoms with Crippen LogP contribution < -0.4 is 10.1 Å². The fourth-order valence-electron chi connectivity index (χ4n) is 3.13. The van der Waals surface area contributed by atoms with Gasteiger partial charge in [-0.1, -0.05) is 42.5 Å². The van der Waals surface area contributed by atoms with Gasteiger partial charge in [-0.2, -0.15) is 13.2 Å². The number of halogens is 3. The highest BCUT2D eigenvalue weighted by Crippen LogP contribution is 2.17. The Labute approximate surface area is 203 Å². The second-order valence-corrected chi connectivity index (χ2v) is 7.95. The van der Waals surface area contributed by atoms with Crippen LogP contribution in [0.25, 0.3) is 0 Å². The third-order valence-electron chi connectivity index (χ3n) is 5.00. The van der Waals surface area contributed by atoms with Crippen LogP contribution in [0.15, 0.2) is 54.6 Å². The summed E-state index contributed by atoms with van der Waals surface area (Å²) in [5, 5.41) is 2.94. The molecule has 2 rings (SSSR count). The van der Waals surface area contributed by atoms with E-state index in [2.05, 4.69) is 22.2 Å². The van der Waals surface area contributed by atoms with Gasteiger partial charge < -0.3 is 19.5 Å². The number of aryl methyl sites for hydroxylation is 1. The van der Waals surface area contributed by atoms with Crippen LogP contribution in [0.1, 0.15) is 43.2 Å². The van der Waals surface area contributed by atoms with Crippen molar-refractivity contribution in [3.8, 4) is 5.75 Å². The number of hydrogen-bond donors (Lipinski definition) is 1. The fourth-order valence-corrected chi connectivity index (χ4v) is 3.13. The Morgan fingerprint density at radius 2 is 1.51 bits per heavy atom. The van der Waals surface area contributed by atoms with Crippen molar-refractivity contribution in [1.82, 2.24) is 5.32 Å². The molecule has 0 amide bonds. The normalized spacial score (nSPS) is 11.3. The summed E-state index contributed by atoms with van der Waals surface area (Å²) in [5.74, 6) is -2.87. The quantitative estimate of drug-likeness (QED) is 0.201. The molecule has 0 bridgehead atoms. The third kappa shape index (κ3) is 12.9. The van der Waals surface area contributed by atoms with E-state index in [1.807, 2.05) is 42.5 Å². The first kappa shape index (κ1) is 28.3. The van der Waals surface area contributed by atoms with E-state index < -0.39 is 18.1 Å². The number of unbranched alkanes of at least 4 members (excludes halogenated alkanes) is 2. The first-order valence-corrected chi connectivity index (χ1v) is 11.7. The van der Waals surface area contributed by atoms with E-state index in [0.29, 0.717) is 19.8 Å². The zero-order chi connectivity index (χ0) is 25.4.